The summed E-state index contributed by atoms with van der Waals surface area (Å²) in [5.74, 6) is 0.862. The predicted octanol–water partition coefficient (Wildman–Crippen LogP) is 4.93. The SMILES string of the molecule is Cc1nc(NC(=O)/C=C/c2ccc(C(C)C)cc2)ccc1Br. The molecule has 1 heterocycles. The molecule has 3 nitrogen and oxygen atoms in total. The molecular weight excluding hydrogens is 340 g/mol. The van der Waals surface area contributed by atoms with Crippen LogP contribution in [0.15, 0.2) is 46.9 Å². The highest BCUT2D eigenvalue weighted by Crippen LogP contribution is 2.17. The van der Waals surface area contributed by atoms with Gasteiger partial charge in [0, 0.05) is 10.5 Å². The highest BCUT2D eigenvalue weighted by atomic mass is 79.9. The summed E-state index contributed by atoms with van der Waals surface area (Å²) in [4.78, 5) is 16.2. The monoisotopic (exact) mass is 358 g/mol. The number of nitrogens with zero attached hydrogens (tertiary/aromatic N) is 1. The molecule has 1 amide bonds. The number of carbonyl (C=O) groups is 1. The molecule has 2 rings (SSSR count). The lowest BCUT2D eigenvalue weighted by Gasteiger charge is -2.05. The molecule has 0 unspecified atom stereocenters. The van der Waals surface area contributed by atoms with Crippen LogP contribution in [-0.2, 0) is 4.79 Å². The summed E-state index contributed by atoms with van der Waals surface area (Å²) in [6.07, 6.45) is 3.31. The lowest BCUT2D eigenvalue weighted by Crippen LogP contribution is -2.09. The van der Waals surface area contributed by atoms with Gasteiger partial charge in [-0.25, -0.2) is 4.98 Å². The molecule has 0 atom stereocenters. The molecule has 0 spiro atoms. The average molecular weight is 359 g/mol. The van der Waals surface area contributed by atoms with Crippen LogP contribution in [0, 0.1) is 6.92 Å². The van der Waals surface area contributed by atoms with Crippen molar-refractivity contribution in [1.82, 2.24) is 4.98 Å². The van der Waals surface area contributed by atoms with E-state index in [1.54, 1.807) is 12.1 Å². The van der Waals surface area contributed by atoms with Crippen molar-refractivity contribution in [2.45, 2.75) is 26.7 Å². The fourth-order valence-corrected chi connectivity index (χ4v) is 2.17. The third kappa shape index (κ3) is 4.53. The molecular formula is C18H19BrN2O. The number of nitrogens with one attached hydrogen (secondary N) is 1. The van der Waals surface area contributed by atoms with Crippen LogP contribution in [0.3, 0.4) is 0 Å². The Kier molecular flexibility index (Phi) is 5.50. The first-order chi connectivity index (χ1) is 10.5. The Balaban J connectivity index is 2.00. The molecule has 1 aromatic carbocycles. The van der Waals surface area contributed by atoms with E-state index in [9.17, 15) is 4.79 Å². The molecule has 1 N–H and O–H groups in total. The first-order valence-electron chi connectivity index (χ1n) is 7.18. The number of halogens is 1. The summed E-state index contributed by atoms with van der Waals surface area (Å²) in [5.41, 5.74) is 3.13. The molecule has 0 fully saturated rings. The van der Waals surface area contributed by atoms with Gasteiger partial charge in [0.1, 0.15) is 5.82 Å². The summed E-state index contributed by atoms with van der Waals surface area (Å²) < 4.78 is 0.922. The number of anilines is 1. The number of amides is 1. The zero-order chi connectivity index (χ0) is 16.1. The van der Waals surface area contributed by atoms with E-state index < -0.39 is 0 Å². The average Bonchev–Trinajstić information content (AvgIpc) is 2.49. The summed E-state index contributed by atoms with van der Waals surface area (Å²) >= 11 is 3.38. The van der Waals surface area contributed by atoms with Crippen LogP contribution in [0.25, 0.3) is 6.08 Å². The minimum absolute atomic E-state index is 0.192. The number of aryl methyl sites for hydroxylation is 1. The molecule has 22 heavy (non-hydrogen) atoms. The Hall–Kier alpha value is -1.94. The third-order valence-corrected chi connectivity index (χ3v) is 4.14. The third-order valence-electron chi connectivity index (χ3n) is 3.30. The Labute approximate surface area is 139 Å². The molecule has 1 aromatic heterocycles. The number of rotatable bonds is 4. The van der Waals surface area contributed by atoms with Crippen molar-refractivity contribution in [2.24, 2.45) is 0 Å². The van der Waals surface area contributed by atoms with Gasteiger partial charge in [-0.3, -0.25) is 4.79 Å². The van der Waals surface area contributed by atoms with E-state index >= 15 is 0 Å². The summed E-state index contributed by atoms with van der Waals surface area (Å²) in [7, 11) is 0. The van der Waals surface area contributed by atoms with Gasteiger partial charge in [0.25, 0.3) is 0 Å². The Morgan fingerprint density at radius 1 is 1.18 bits per heavy atom. The van der Waals surface area contributed by atoms with Crippen LogP contribution in [0.5, 0.6) is 0 Å². The summed E-state index contributed by atoms with van der Waals surface area (Å²) in [6.45, 7) is 6.20. The largest absolute Gasteiger partial charge is 0.307 e. The fraction of sp³-hybridized carbons (Fsp3) is 0.222. The van der Waals surface area contributed by atoms with E-state index in [4.69, 9.17) is 0 Å². The van der Waals surface area contributed by atoms with Gasteiger partial charge in [-0.2, -0.15) is 0 Å². The van der Waals surface area contributed by atoms with E-state index in [0.717, 1.165) is 15.7 Å². The molecule has 4 heteroatoms. The van der Waals surface area contributed by atoms with Gasteiger partial charge in [0.05, 0.1) is 5.69 Å². The molecule has 0 aliphatic rings. The van der Waals surface area contributed by atoms with Crippen LogP contribution < -0.4 is 5.32 Å². The minimum Gasteiger partial charge on any atom is -0.307 e. The molecule has 0 saturated heterocycles. The maximum absolute atomic E-state index is 11.9. The van der Waals surface area contributed by atoms with Crippen molar-refractivity contribution >= 4 is 33.7 Å². The molecule has 0 saturated carbocycles. The molecule has 0 bridgehead atoms. The topological polar surface area (TPSA) is 42.0 Å². The van der Waals surface area contributed by atoms with E-state index in [1.807, 2.05) is 25.1 Å². The van der Waals surface area contributed by atoms with E-state index in [1.165, 1.54) is 11.6 Å². The quantitative estimate of drug-likeness (QED) is 0.787. The Morgan fingerprint density at radius 2 is 1.86 bits per heavy atom. The number of carbonyl (C=O) groups excluding carboxylic acids is 1. The molecule has 114 valence electrons. The van der Waals surface area contributed by atoms with E-state index in [2.05, 4.69) is 52.2 Å². The fourth-order valence-electron chi connectivity index (χ4n) is 1.95. The van der Waals surface area contributed by atoms with Gasteiger partial charge in [-0.05, 0) is 58.1 Å². The van der Waals surface area contributed by atoms with Crippen molar-refractivity contribution in [3.63, 3.8) is 0 Å². The molecule has 0 radical (unpaired) electrons. The minimum atomic E-state index is -0.192. The van der Waals surface area contributed by atoms with Gasteiger partial charge < -0.3 is 5.32 Å². The zero-order valence-corrected chi connectivity index (χ0v) is 14.5. The summed E-state index contributed by atoms with van der Waals surface area (Å²) in [6, 6.07) is 11.8. The Morgan fingerprint density at radius 3 is 2.45 bits per heavy atom. The molecule has 2 aromatic rings. The second kappa shape index (κ2) is 7.36. The van der Waals surface area contributed by atoms with Crippen LogP contribution in [0.1, 0.15) is 36.6 Å². The van der Waals surface area contributed by atoms with Crippen LogP contribution >= 0.6 is 15.9 Å². The van der Waals surface area contributed by atoms with Crippen LogP contribution in [-0.4, -0.2) is 10.9 Å². The van der Waals surface area contributed by atoms with Gasteiger partial charge in [-0.1, -0.05) is 38.1 Å². The normalized spacial score (nSPS) is 11.1. The van der Waals surface area contributed by atoms with Gasteiger partial charge >= 0.3 is 0 Å². The second-order valence-corrected chi connectivity index (χ2v) is 6.26. The highest BCUT2D eigenvalue weighted by molar-refractivity contribution is 9.10. The smallest absolute Gasteiger partial charge is 0.249 e. The predicted molar refractivity (Wildman–Crippen MR) is 94.9 cm³/mol. The number of hydrogen-bond acceptors (Lipinski definition) is 2. The number of benzene rings is 1. The van der Waals surface area contributed by atoms with Crippen molar-refractivity contribution in [1.29, 1.82) is 0 Å². The lowest BCUT2D eigenvalue weighted by molar-refractivity contribution is -0.111. The second-order valence-electron chi connectivity index (χ2n) is 5.41. The molecule has 0 aliphatic heterocycles. The van der Waals surface area contributed by atoms with Gasteiger partial charge in [-0.15, -0.1) is 0 Å². The highest BCUT2D eigenvalue weighted by Gasteiger charge is 2.02. The molecule has 0 aliphatic carbocycles. The first kappa shape index (κ1) is 16.4. The van der Waals surface area contributed by atoms with Crippen molar-refractivity contribution < 1.29 is 4.79 Å². The van der Waals surface area contributed by atoms with E-state index in [-0.39, 0.29) is 5.91 Å². The van der Waals surface area contributed by atoms with Crippen molar-refractivity contribution in [3.05, 3.63) is 63.8 Å². The maximum atomic E-state index is 11.9. The first-order valence-corrected chi connectivity index (χ1v) is 7.97. The zero-order valence-electron chi connectivity index (χ0n) is 12.9. The van der Waals surface area contributed by atoms with Crippen LogP contribution in [0.4, 0.5) is 5.82 Å². The summed E-state index contributed by atoms with van der Waals surface area (Å²) in [5, 5.41) is 2.75. The maximum Gasteiger partial charge on any atom is 0.249 e. The van der Waals surface area contributed by atoms with Crippen LogP contribution in [0.2, 0.25) is 0 Å². The van der Waals surface area contributed by atoms with Crippen molar-refractivity contribution in [2.75, 3.05) is 5.32 Å². The van der Waals surface area contributed by atoms with Crippen molar-refractivity contribution in [3.8, 4) is 0 Å². The standard InChI is InChI=1S/C18H19BrN2O/c1-12(2)15-7-4-14(5-8-15)6-11-18(22)21-17-10-9-16(19)13(3)20-17/h4-12H,1-3H3,(H,20,21,22)/b11-6+. The number of pyridine rings is 1. The van der Waals surface area contributed by atoms with Gasteiger partial charge in [0.15, 0.2) is 0 Å². The number of aromatic nitrogens is 1. The number of hydrogen-bond donors (Lipinski definition) is 1. The van der Waals surface area contributed by atoms with Gasteiger partial charge in [0.2, 0.25) is 5.91 Å². The Bertz CT molecular complexity index is 691. The lowest BCUT2D eigenvalue weighted by atomic mass is 10.0. The van der Waals surface area contributed by atoms with E-state index in [0.29, 0.717) is 11.7 Å².